The van der Waals surface area contributed by atoms with E-state index in [0.717, 1.165) is 34.2 Å². The number of fused-ring (bicyclic) bond motifs is 3. The average molecular weight is 662 g/mol. The maximum absolute atomic E-state index is 5.65. The van der Waals surface area contributed by atoms with Gasteiger partial charge in [0.15, 0.2) is 0 Å². The van der Waals surface area contributed by atoms with E-state index in [-0.39, 0.29) is 23.7 Å². The minimum absolute atomic E-state index is 0.0285. The molecule has 4 aliphatic heterocycles. The normalized spacial score (nSPS) is 19.2. The molecular weight excluding hydrogens is 631 g/mol. The molecule has 0 spiro atoms. The maximum Gasteiger partial charge on any atom is 0.0692 e. The fourth-order valence-corrected chi connectivity index (χ4v) is 9.67. The van der Waals surface area contributed by atoms with Crippen LogP contribution in [-0.2, 0) is 0 Å². The zero-order valence-electron chi connectivity index (χ0n) is 28.2. The maximum atomic E-state index is 5.65. The first-order chi connectivity index (χ1) is 25.7. The van der Waals surface area contributed by atoms with Crippen molar-refractivity contribution < 1.29 is 0 Å². The Morgan fingerprint density at radius 2 is 0.558 bits per heavy atom. The van der Waals surface area contributed by atoms with Gasteiger partial charge in [-0.15, -0.1) is 0 Å². The van der Waals surface area contributed by atoms with Crippen molar-refractivity contribution in [2.24, 2.45) is 0 Å². The van der Waals surface area contributed by atoms with E-state index in [1.54, 1.807) is 0 Å². The van der Waals surface area contributed by atoms with Crippen LogP contribution < -0.4 is 0 Å². The highest BCUT2D eigenvalue weighted by Crippen LogP contribution is 2.48. The molecule has 0 N–H and O–H groups in total. The van der Waals surface area contributed by atoms with E-state index in [1.165, 1.54) is 65.7 Å². The Balaban J connectivity index is 1.39. The molecule has 242 valence electrons. The van der Waals surface area contributed by atoms with E-state index < -0.39 is 0 Å². The zero-order chi connectivity index (χ0) is 33.9. The van der Waals surface area contributed by atoms with Gasteiger partial charge >= 0.3 is 0 Å². The predicted molar refractivity (Wildman–Crippen MR) is 208 cm³/mol. The van der Waals surface area contributed by atoms with Crippen LogP contribution in [0.5, 0.6) is 0 Å². The van der Waals surface area contributed by atoms with Gasteiger partial charge in [0, 0.05) is 5.92 Å². The summed E-state index contributed by atoms with van der Waals surface area (Å²) in [6.45, 7) is 0. The molecule has 9 aromatic rings. The Kier molecular flexibility index (Phi) is 5.73. The summed E-state index contributed by atoms with van der Waals surface area (Å²) in [4.78, 5) is 16.9. The van der Waals surface area contributed by atoms with Crippen LogP contribution in [0, 0.1) is 0 Å². The lowest BCUT2D eigenvalue weighted by Gasteiger charge is -2.31. The topological polar surface area (TPSA) is 38.7 Å². The lowest BCUT2D eigenvalue weighted by Crippen LogP contribution is -2.20. The highest BCUT2D eigenvalue weighted by molar-refractivity contribution is 5.92. The van der Waals surface area contributed by atoms with Gasteiger partial charge in [-0.25, -0.2) is 0 Å². The minimum atomic E-state index is -0.179. The molecule has 7 heterocycles. The largest absolute Gasteiger partial charge is 0.256 e. The van der Waals surface area contributed by atoms with E-state index in [1.807, 2.05) is 0 Å². The quantitative estimate of drug-likeness (QED) is 0.162. The van der Waals surface area contributed by atoms with Crippen molar-refractivity contribution in [2.75, 3.05) is 0 Å². The second-order valence-electron chi connectivity index (χ2n) is 14.7. The molecule has 3 nitrogen and oxygen atoms in total. The highest BCUT2D eigenvalue weighted by Gasteiger charge is 2.34. The van der Waals surface area contributed by atoms with Gasteiger partial charge in [-0.2, -0.15) is 0 Å². The molecule has 4 aliphatic rings. The molecule has 0 saturated heterocycles. The minimum Gasteiger partial charge on any atom is -0.256 e. The average Bonchev–Trinajstić information content (AvgIpc) is 3.18. The second kappa shape index (κ2) is 10.5. The van der Waals surface area contributed by atoms with Gasteiger partial charge in [-0.05, 0) is 102 Å². The first kappa shape index (κ1) is 28.3. The fraction of sp³-hybridized carbons (Fsp3) is 0.0816. The Morgan fingerprint density at radius 3 is 0.865 bits per heavy atom. The Morgan fingerprint density at radius 1 is 0.269 bits per heavy atom. The molecule has 3 heteroatoms. The number of rotatable bonds is 0. The van der Waals surface area contributed by atoms with Crippen LogP contribution in [0.3, 0.4) is 0 Å². The van der Waals surface area contributed by atoms with Gasteiger partial charge in [-0.3, -0.25) is 15.0 Å². The fourth-order valence-electron chi connectivity index (χ4n) is 9.67. The first-order valence-electron chi connectivity index (χ1n) is 18.2. The van der Waals surface area contributed by atoms with E-state index in [4.69, 9.17) is 15.0 Å². The van der Waals surface area contributed by atoms with Crippen LogP contribution in [-0.4, -0.2) is 15.0 Å². The van der Waals surface area contributed by atoms with Crippen LogP contribution in [0.1, 0.15) is 91.2 Å². The van der Waals surface area contributed by atoms with Crippen molar-refractivity contribution in [3.63, 3.8) is 0 Å². The molecule has 0 atom stereocenters. The smallest absolute Gasteiger partial charge is 0.0692 e. The number of pyridine rings is 3. The monoisotopic (exact) mass is 661 g/mol. The van der Waals surface area contributed by atoms with E-state index in [9.17, 15) is 0 Å². The Hall–Kier alpha value is -6.45. The standard InChI is InChI=1S/C49H31N3/c1-4-13-34-28(10-1)22-31-25-37(34)47-40-16-7-18-42(50-40)48-38-26-32(23-29-11-2-5-14-35(29)38)46(31)33-24-30-12-3-6-15-36(30)39(27-33)49(43-19-8-17-41(47)51-43)45-21-9-20-44(48)52-45/h1-27,46-49H. The molecule has 16 bridgehead atoms. The van der Waals surface area contributed by atoms with Crippen LogP contribution >= 0.6 is 0 Å². The highest BCUT2D eigenvalue weighted by atomic mass is 14.8. The summed E-state index contributed by atoms with van der Waals surface area (Å²) in [5, 5.41) is 7.37. The molecule has 13 rings (SSSR count). The van der Waals surface area contributed by atoms with Crippen LogP contribution in [0.2, 0.25) is 0 Å². The summed E-state index contributed by atoms with van der Waals surface area (Å²) in [7, 11) is 0. The summed E-state index contributed by atoms with van der Waals surface area (Å²) < 4.78 is 0. The van der Waals surface area contributed by atoms with Crippen molar-refractivity contribution in [1.82, 2.24) is 15.0 Å². The second-order valence-corrected chi connectivity index (χ2v) is 14.7. The third kappa shape index (κ3) is 3.99. The van der Waals surface area contributed by atoms with Gasteiger partial charge < -0.3 is 0 Å². The Bertz CT molecular complexity index is 2580. The summed E-state index contributed by atoms with van der Waals surface area (Å²) >= 11 is 0. The molecule has 0 aliphatic carbocycles. The first-order valence-corrected chi connectivity index (χ1v) is 18.2. The molecule has 0 fully saturated rings. The molecule has 0 radical (unpaired) electrons. The molecule has 0 amide bonds. The summed E-state index contributed by atoms with van der Waals surface area (Å²) in [6.07, 6.45) is 0. The number of hydrogen-bond acceptors (Lipinski definition) is 3. The zero-order valence-corrected chi connectivity index (χ0v) is 28.2. The molecule has 0 unspecified atom stereocenters. The summed E-state index contributed by atoms with van der Waals surface area (Å²) in [6, 6.07) is 61.1. The number of nitrogens with zero attached hydrogens (tertiary/aromatic N) is 3. The molecule has 0 saturated carbocycles. The van der Waals surface area contributed by atoms with Crippen LogP contribution in [0.15, 0.2) is 164 Å². The van der Waals surface area contributed by atoms with Gasteiger partial charge in [0.2, 0.25) is 0 Å². The van der Waals surface area contributed by atoms with Crippen LogP contribution in [0.25, 0.3) is 32.3 Å². The van der Waals surface area contributed by atoms with Gasteiger partial charge in [0.25, 0.3) is 0 Å². The predicted octanol–water partition coefficient (Wildman–Crippen LogP) is 11.0. The number of benzene rings is 6. The van der Waals surface area contributed by atoms with Crippen molar-refractivity contribution >= 4 is 32.3 Å². The SMILES string of the molecule is c1cc2nc(c1)C1c3cccc(n3)C3c4cccc(n4)C2c2cc(cc4ccccc24)C(c2cc1c1ccccc1c2)c1cc3c2ccccc2c1. The summed E-state index contributed by atoms with van der Waals surface area (Å²) in [5.41, 5.74) is 13.5. The number of aromatic nitrogens is 3. The molecule has 52 heavy (non-hydrogen) atoms. The van der Waals surface area contributed by atoms with Gasteiger partial charge in [0.05, 0.1) is 51.9 Å². The molecule has 3 aromatic heterocycles. The third-order valence-corrected chi connectivity index (χ3v) is 11.8. The van der Waals surface area contributed by atoms with Crippen molar-refractivity contribution in [1.29, 1.82) is 0 Å². The van der Waals surface area contributed by atoms with E-state index in [0.29, 0.717) is 0 Å². The van der Waals surface area contributed by atoms with E-state index in [2.05, 4.69) is 164 Å². The third-order valence-electron chi connectivity index (χ3n) is 11.8. The van der Waals surface area contributed by atoms with Crippen LogP contribution in [0.4, 0.5) is 0 Å². The molecule has 6 aromatic carbocycles. The van der Waals surface area contributed by atoms with Crippen molar-refractivity contribution in [2.45, 2.75) is 23.7 Å². The van der Waals surface area contributed by atoms with Gasteiger partial charge in [-0.1, -0.05) is 127 Å². The lowest BCUT2D eigenvalue weighted by atomic mass is 9.75. The Labute approximate surface area is 301 Å². The van der Waals surface area contributed by atoms with Crippen molar-refractivity contribution in [3.8, 4) is 0 Å². The number of hydrogen-bond donors (Lipinski definition) is 0. The lowest BCUT2D eigenvalue weighted by molar-refractivity contribution is 0.770. The van der Waals surface area contributed by atoms with Gasteiger partial charge in [0.1, 0.15) is 0 Å². The molecular formula is C49H31N3. The van der Waals surface area contributed by atoms with E-state index >= 15 is 0 Å². The van der Waals surface area contributed by atoms with Crippen molar-refractivity contribution in [3.05, 3.63) is 231 Å². The summed E-state index contributed by atoms with van der Waals surface area (Å²) in [5.74, 6) is -0.566.